The van der Waals surface area contributed by atoms with E-state index >= 15 is 0 Å². The van der Waals surface area contributed by atoms with Crippen molar-refractivity contribution >= 4 is 22.5 Å². The van der Waals surface area contributed by atoms with Gasteiger partial charge in [-0.1, -0.05) is 18.2 Å². The lowest BCUT2D eigenvalue weighted by atomic mass is 9.78. The quantitative estimate of drug-likeness (QED) is 0.704. The number of rotatable bonds is 4. The van der Waals surface area contributed by atoms with Gasteiger partial charge in [0, 0.05) is 23.4 Å². The highest BCUT2D eigenvalue weighted by atomic mass is 19.1. The van der Waals surface area contributed by atoms with E-state index in [4.69, 9.17) is 0 Å². The lowest BCUT2D eigenvalue weighted by Crippen LogP contribution is -2.21. The summed E-state index contributed by atoms with van der Waals surface area (Å²) in [5, 5.41) is 3.99. The van der Waals surface area contributed by atoms with E-state index in [-0.39, 0.29) is 11.7 Å². The van der Waals surface area contributed by atoms with Gasteiger partial charge in [0.15, 0.2) is 0 Å². The smallest absolute Gasteiger partial charge is 0.224 e. The number of anilines is 1. The molecule has 0 spiro atoms. The average molecular weight is 363 g/mol. The van der Waals surface area contributed by atoms with Crippen molar-refractivity contribution in [3.05, 3.63) is 66.4 Å². The van der Waals surface area contributed by atoms with Crippen molar-refractivity contribution in [2.75, 3.05) is 5.32 Å². The van der Waals surface area contributed by atoms with Crippen LogP contribution in [0.4, 0.5) is 10.1 Å². The van der Waals surface area contributed by atoms with Crippen molar-refractivity contribution in [2.45, 2.75) is 38.0 Å². The van der Waals surface area contributed by atoms with Gasteiger partial charge < -0.3 is 5.32 Å². The SMILES string of the molecule is O=C(CC1CCC(c2ncnc3ccccc23)CC1)Nc1ccc(F)cc1. The monoisotopic (exact) mass is 363 g/mol. The van der Waals surface area contributed by atoms with E-state index in [1.54, 1.807) is 18.5 Å². The number of benzene rings is 2. The molecule has 1 aliphatic carbocycles. The van der Waals surface area contributed by atoms with Gasteiger partial charge in [0.25, 0.3) is 0 Å². The van der Waals surface area contributed by atoms with Crippen molar-refractivity contribution in [3.8, 4) is 0 Å². The van der Waals surface area contributed by atoms with Gasteiger partial charge in [0.2, 0.25) is 5.91 Å². The Kier molecular flexibility index (Phi) is 5.10. The third-order valence-electron chi connectivity index (χ3n) is 5.41. The Morgan fingerprint density at radius 3 is 2.52 bits per heavy atom. The van der Waals surface area contributed by atoms with Crippen LogP contribution < -0.4 is 5.32 Å². The largest absolute Gasteiger partial charge is 0.326 e. The van der Waals surface area contributed by atoms with Crippen LogP contribution in [0.1, 0.15) is 43.7 Å². The van der Waals surface area contributed by atoms with Crippen LogP contribution in [0.2, 0.25) is 0 Å². The number of carbonyl (C=O) groups excluding carboxylic acids is 1. The maximum absolute atomic E-state index is 12.9. The van der Waals surface area contributed by atoms with Crippen LogP contribution in [0.3, 0.4) is 0 Å². The summed E-state index contributed by atoms with van der Waals surface area (Å²) in [6, 6.07) is 14.0. The highest BCUT2D eigenvalue weighted by molar-refractivity contribution is 5.90. The molecule has 1 heterocycles. The first-order valence-corrected chi connectivity index (χ1v) is 9.44. The van der Waals surface area contributed by atoms with Crippen LogP contribution in [0, 0.1) is 11.7 Å². The van der Waals surface area contributed by atoms with Crippen LogP contribution in [0.15, 0.2) is 54.9 Å². The molecule has 0 saturated heterocycles. The summed E-state index contributed by atoms with van der Waals surface area (Å²) in [7, 11) is 0. The fourth-order valence-electron chi connectivity index (χ4n) is 4.00. The second kappa shape index (κ2) is 7.82. The molecule has 5 heteroatoms. The zero-order chi connectivity index (χ0) is 18.6. The van der Waals surface area contributed by atoms with E-state index in [1.165, 1.54) is 12.1 Å². The summed E-state index contributed by atoms with van der Waals surface area (Å²) in [6.07, 6.45) is 6.26. The lowest BCUT2D eigenvalue weighted by molar-refractivity contribution is -0.117. The molecule has 1 N–H and O–H groups in total. The third-order valence-corrected chi connectivity index (χ3v) is 5.41. The first-order chi connectivity index (χ1) is 13.2. The maximum Gasteiger partial charge on any atom is 0.224 e. The predicted molar refractivity (Wildman–Crippen MR) is 104 cm³/mol. The molecular formula is C22H22FN3O. The van der Waals surface area contributed by atoms with Gasteiger partial charge in [-0.15, -0.1) is 0 Å². The molecule has 0 unspecified atom stereocenters. The maximum atomic E-state index is 12.9. The van der Waals surface area contributed by atoms with Crippen LogP contribution in [-0.4, -0.2) is 15.9 Å². The number of carbonyl (C=O) groups is 1. The van der Waals surface area contributed by atoms with Crippen molar-refractivity contribution in [3.63, 3.8) is 0 Å². The summed E-state index contributed by atoms with van der Waals surface area (Å²) in [6.45, 7) is 0. The van der Waals surface area contributed by atoms with Crippen molar-refractivity contribution < 1.29 is 9.18 Å². The molecule has 138 valence electrons. The molecular weight excluding hydrogens is 341 g/mol. The minimum atomic E-state index is -0.302. The van der Waals surface area contributed by atoms with E-state index in [0.717, 1.165) is 42.3 Å². The van der Waals surface area contributed by atoms with Gasteiger partial charge in [-0.3, -0.25) is 4.79 Å². The van der Waals surface area contributed by atoms with Gasteiger partial charge in [-0.25, -0.2) is 14.4 Å². The van der Waals surface area contributed by atoms with Crippen LogP contribution >= 0.6 is 0 Å². The molecule has 1 fully saturated rings. The molecule has 0 bridgehead atoms. The Bertz CT molecular complexity index is 928. The molecule has 1 aromatic heterocycles. The molecule has 1 amide bonds. The molecule has 27 heavy (non-hydrogen) atoms. The number of hydrogen-bond donors (Lipinski definition) is 1. The Morgan fingerprint density at radius 2 is 1.74 bits per heavy atom. The number of nitrogens with zero attached hydrogens (tertiary/aromatic N) is 2. The van der Waals surface area contributed by atoms with E-state index in [2.05, 4.69) is 21.4 Å². The second-order valence-corrected chi connectivity index (χ2v) is 7.25. The Hall–Kier alpha value is -2.82. The molecule has 2 aromatic carbocycles. The Morgan fingerprint density at radius 1 is 1.00 bits per heavy atom. The van der Waals surface area contributed by atoms with E-state index < -0.39 is 0 Å². The van der Waals surface area contributed by atoms with Gasteiger partial charge in [-0.2, -0.15) is 0 Å². The summed E-state index contributed by atoms with van der Waals surface area (Å²) in [5.41, 5.74) is 2.76. The zero-order valence-corrected chi connectivity index (χ0v) is 15.1. The van der Waals surface area contributed by atoms with Crippen LogP contribution in [-0.2, 0) is 4.79 Å². The molecule has 0 atom stereocenters. The molecule has 0 radical (unpaired) electrons. The van der Waals surface area contributed by atoms with Gasteiger partial charge in [0.05, 0.1) is 11.2 Å². The van der Waals surface area contributed by atoms with Crippen molar-refractivity contribution in [1.82, 2.24) is 9.97 Å². The minimum Gasteiger partial charge on any atom is -0.326 e. The highest BCUT2D eigenvalue weighted by Gasteiger charge is 2.26. The Balaban J connectivity index is 1.34. The van der Waals surface area contributed by atoms with Crippen molar-refractivity contribution in [1.29, 1.82) is 0 Å². The standard InChI is InChI=1S/C22H22FN3O/c23-17-9-11-18(12-10-17)26-21(27)13-15-5-7-16(8-6-15)22-19-3-1-2-4-20(19)24-14-25-22/h1-4,9-12,14-16H,5-8,13H2,(H,26,27). The fourth-order valence-corrected chi connectivity index (χ4v) is 4.00. The summed E-state index contributed by atoms with van der Waals surface area (Å²) in [5.74, 6) is 0.505. The van der Waals surface area contributed by atoms with E-state index in [9.17, 15) is 9.18 Å². The summed E-state index contributed by atoms with van der Waals surface area (Å²) in [4.78, 5) is 21.2. The number of halogens is 1. The van der Waals surface area contributed by atoms with Gasteiger partial charge >= 0.3 is 0 Å². The van der Waals surface area contributed by atoms with Crippen molar-refractivity contribution in [2.24, 2.45) is 5.92 Å². The topological polar surface area (TPSA) is 54.9 Å². The molecule has 0 aliphatic heterocycles. The summed E-state index contributed by atoms with van der Waals surface area (Å²) >= 11 is 0. The minimum absolute atomic E-state index is 0.00227. The molecule has 3 aromatic rings. The predicted octanol–water partition coefficient (Wildman–Crippen LogP) is 5.07. The summed E-state index contributed by atoms with van der Waals surface area (Å²) < 4.78 is 12.9. The third kappa shape index (κ3) is 4.13. The number of fused-ring (bicyclic) bond motifs is 1. The number of hydrogen-bond acceptors (Lipinski definition) is 3. The fraction of sp³-hybridized carbons (Fsp3) is 0.318. The average Bonchev–Trinajstić information content (AvgIpc) is 2.70. The molecule has 1 saturated carbocycles. The number of nitrogens with one attached hydrogen (secondary N) is 1. The number of aromatic nitrogens is 2. The molecule has 4 nitrogen and oxygen atoms in total. The zero-order valence-electron chi connectivity index (χ0n) is 15.1. The second-order valence-electron chi connectivity index (χ2n) is 7.25. The Labute approximate surface area is 157 Å². The molecule has 4 rings (SSSR count). The van der Waals surface area contributed by atoms with E-state index in [0.29, 0.717) is 23.9 Å². The highest BCUT2D eigenvalue weighted by Crippen LogP contribution is 2.38. The van der Waals surface area contributed by atoms with Gasteiger partial charge in [0.1, 0.15) is 12.1 Å². The lowest BCUT2D eigenvalue weighted by Gasteiger charge is -2.28. The normalized spacial score (nSPS) is 19.7. The van der Waals surface area contributed by atoms with Gasteiger partial charge in [-0.05, 0) is 61.9 Å². The molecule has 1 aliphatic rings. The van der Waals surface area contributed by atoms with Crippen LogP contribution in [0.5, 0.6) is 0 Å². The van der Waals surface area contributed by atoms with Crippen LogP contribution in [0.25, 0.3) is 10.9 Å². The van der Waals surface area contributed by atoms with E-state index in [1.807, 2.05) is 18.2 Å². The number of amides is 1. The first kappa shape index (κ1) is 17.6. The number of para-hydroxylation sites is 1. The first-order valence-electron chi connectivity index (χ1n) is 9.44.